The minimum Gasteiger partial charge on any atom is -0.508 e. The fraction of sp³-hybridized carbons (Fsp3) is 0.283. The molecule has 2 aliphatic rings. The molecule has 0 radical (unpaired) electrons. The summed E-state index contributed by atoms with van der Waals surface area (Å²) < 4.78 is 26.3. The lowest BCUT2D eigenvalue weighted by Gasteiger charge is -2.32. The van der Waals surface area contributed by atoms with Gasteiger partial charge in [0.15, 0.2) is 5.65 Å². The number of amides is 1. The highest BCUT2D eigenvalue weighted by Gasteiger charge is 2.29. The second-order valence-electron chi connectivity index (χ2n) is 14.6. The van der Waals surface area contributed by atoms with E-state index in [4.69, 9.17) is 39.7 Å². The number of carbonyl (C=O) groups excluding carboxylic acids is 1. The van der Waals surface area contributed by atoms with E-state index in [-0.39, 0.29) is 24.2 Å². The zero-order valence-corrected chi connectivity index (χ0v) is 36.1. The third kappa shape index (κ3) is 11.6. The fourth-order valence-corrected chi connectivity index (χ4v) is 7.87. The molecule has 0 unspecified atom stereocenters. The summed E-state index contributed by atoms with van der Waals surface area (Å²) in [5.41, 5.74) is 12.2. The van der Waals surface area contributed by atoms with Crippen molar-refractivity contribution in [1.82, 2.24) is 30.0 Å². The highest BCUT2D eigenvalue weighted by atomic mass is 79.9. The maximum atomic E-state index is 13.0. The van der Waals surface area contributed by atoms with Crippen LogP contribution in [0.2, 0.25) is 0 Å². The number of nitrogen functional groups attached to an aromatic ring is 1. The van der Waals surface area contributed by atoms with E-state index in [2.05, 4.69) is 41.4 Å². The van der Waals surface area contributed by atoms with Gasteiger partial charge in [-0.2, -0.15) is 5.10 Å². The van der Waals surface area contributed by atoms with E-state index < -0.39 is 0 Å². The molecule has 2 aromatic heterocycles. The number of aromatic hydroxyl groups is 1. The van der Waals surface area contributed by atoms with Crippen molar-refractivity contribution in [2.24, 2.45) is 0 Å². The van der Waals surface area contributed by atoms with Crippen LogP contribution in [-0.4, -0.2) is 113 Å². The van der Waals surface area contributed by atoms with Gasteiger partial charge >= 0.3 is 0 Å². The third-order valence-electron chi connectivity index (χ3n) is 10.5. The lowest BCUT2D eigenvalue weighted by atomic mass is 10.00. The summed E-state index contributed by atoms with van der Waals surface area (Å²) in [4.78, 5) is 32.7. The van der Waals surface area contributed by atoms with Gasteiger partial charge < -0.3 is 50.4 Å². The molecule has 16 nitrogen and oxygen atoms in total. The summed E-state index contributed by atoms with van der Waals surface area (Å²) >= 11 is 3.51. The number of phenols is 1. The van der Waals surface area contributed by atoms with E-state index in [1.54, 1.807) is 18.2 Å². The highest BCUT2D eigenvalue weighted by Crippen LogP contribution is 2.39. The average Bonchev–Trinajstić information content (AvgIpc) is 3.84. The van der Waals surface area contributed by atoms with Crippen LogP contribution in [0.4, 0.5) is 11.5 Å². The number of likely N-dealkylation sites (tertiary alicyclic amines) is 1. The van der Waals surface area contributed by atoms with E-state index in [0.29, 0.717) is 68.8 Å². The molecule has 17 heteroatoms. The second-order valence-corrected chi connectivity index (χ2v) is 15.5. The minimum atomic E-state index is -0.250. The topological polar surface area (TPSA) is 208 Å². The van der Waals surface area contributed by atoms with Crippen LogP contribution in [0, 0.1) is 0 Å². The zero-order valence-electron chi connectivity index (χ0n) is 34.5. The number of hydrogen-bond donors (Lipinski definition) is 5. The first kappa shape index (κ1) is 44.7. The van der Waals surface area contributed by atoms with Gasteiger partial charge in [0.25, 0.3) is 12.4 Å². The second kappa shape index (κ2) is 22.1. The maximum Gasteiger partial charge on any atom is 0.290 e. The molecule has 0 bridgehead atoms. The number of nitrogens with zero attached hydrogens (tertiary/aromatic N) is 5. The Morgan fingerprint density at radius 2 is 1.57 bits per heavy atom. The molecule has 4 heterocycles. The Balaban J connectivity index is 0.00000193. The summed E-state index contributed by atoms with van der Waals surface area (Å²) in [6, 6.07) is 30.2. The van der Waals surface area contributed by atoms with Crippen LogP contribution in [0.1, 0.15) is 30.0 Å². The standard InChI is InChI=1S/C45H47BrN8O6.CH2O2/c46-32-11-14-38-37(28-32)39(45(56)51-38)41(31-5-4-6-34(55)27-31)48-17-21-57-23-25-59-26-24-58-22-20-53-18-15-33(16-19-53)54-44-40(43(47)49-29-50-44)42(52-54)30-9-12-36(13-10-30)60-35-7-2-1-3-8-35;2-1-3/h1-14,27-29,33,48,55H,15-26H2,(H,51,56)(H2,47,49,50);1H,(H,2,3)/b41-39-;. The van der Waals surface area contributed by atoms with Crippen molar-refractivity contribution < 1.29 is 38.7 Å². The van der Waals surface area contributed by atoms with Gasteiger partial charge in [0.2, 0.25) is 0 Å². The number of halogens is 1. The summed E-state index contributed by atoms with van der Waals surface area (Å²) in [5, 5.41) is 29.2. The molecule has 1 saturated heterocycles. The minimum absolute atomic E-state index is 0.115. The number of piperidine rings is 1. The van der Waals surface area contributed by atoms with Crippen molar-refractivity contribution >= 4 is 62.1 Å². The molecule has 1 fully saturated rings. The summed E-state index contributed by atoms with van der Waals surface area (Å²) in [5.74, 6) is 1.84. The number of ether oxygens (including phenoxy) is 4. The predicted octanol–water partition coefficient (Wildman–Crippen LogP) is 6.83. The SMILES string of the molecule is Nc1ncnc2c1c(-c1ccc(Oc3ccccc3)cc1)nn2C1CCN(CCOCCOCCOCCN/C(=C2\C(=O)Nc3ccc(Br)cc32)c2cccc(O)c2)CC1.O=CO. The molecular weight excluding hydrogens is 872 g/mol. The van der Waals surface area contributed by atoms with Crippen LogP contribution in [0.25, 0.3) is 33.6 Å². The van der Waals surface area contributed by atoms with E-state index >= 15 is 0 Å². The summed E-state index contributed by atoms with van der Waals surface area (Å²) in [6.45, 7) is 5.74. The average molecular weight is 922 g/mol. The molecule has 328 valence electrons. The first-order valence-corrected chi connectivity index (χ1v) is 21.4. The number of nitrogens with two attached hydrogens (primary N) is 1. The molecule has 6 N–H and O–H groups in total. The Labute approximate surface area is 372 Å². The van der Waals surface area contributed by atoms with Crippen LogP contribution in [0.3, 0.4) is 0 Å². The van der Waals surface area contributed by atoms with E-state index in [1.807, 2.05) is 83.5 Å². The van der Waals surface area contributed by atoms with Crippen LogP contribution < -0.4 is 21.1 Å². The number of carbonyl (C=O) groups is 2. The largest absolute Gasteiger partial charge is 0.508 e. The Morgan fingerprint density at radius 3 is 2.30 bits per heavy atom. The lowest BCUT2D eigenvalue weighted by molar-refractivity contribution is -0.122. The number of fused-ring (bicyclic) bond motifs is 2. The molecule has 0 spiro atoms. The van der Waals surface area contributed by atoms with E-state index in [9.17, 15) is 9.90 Å². The van der Waals surface area contributed by atoms with Crippen LogP contribution in [0.5, 0.6) is 17.2 Å². The molecule has 0 saturated carbocycles. The van der Waals surface area contributed by atoms with Gasteiger partial charge in [-0.3, -0.25) is 9.59 Å². The quantitative estimate of drug-likeness (QED) is 0.0340. The molecule has 2 aliphatic heterocycles. The Bertz CT molecular complexity index is 2490. The van der Waals surface area contributed by atoms with Gasteiger partial charge in [-0.1, -0.05) is 46.3 Å². The highest BCUT2D eigenvalue weighted by molar-refractivity contribution is 9.10. The maximum absolute atomic E-state index is 13.0. The Morgan fingerprint density at radius 1 is 0.873 bits per heavy atom. The number of para-hydroxylation sites is 1. The molecule has 1 amide bonds. The number of aromatic nitrogens is 4. The smallest absolute Gasteiger partial charge is 0.290 e. The number of rotatable bonds is 18. The van der Waals surface area contributed by atoms with Gasteiger partial charge in [0.1, 0.15) is 35.1 Å². The number of hydrogen-bond acceptors (Lipinski definition) is 13. The van der Waals surface area contributed by atoms with Gasteiger partial charge in [-0.15, -0.1) is 0 Å². The molecule has 6 aromatic rings. The van der Waals surface area contributed by atoms with Crippen LogP contribution >= 0.6 is 15.9 Å². The molecular formula is C46H49BrN8O8. The van der Waals surface area contributed by atoms with Gasteiger partial charge in [-0.05, 0) is 79.6 Å². The van der Waals surface area contributed by atoms with Gasteiger partial charge in [0.05, 0.1) is 62.3 Å². The van der Waals surface area contributed by atoms with E-state index in [1.165, 1.54) is 6.33 Å². The number of anilines is 2. The molecule has 0 aliphatic carbocycles. The normalized spacial score (nSPS) is 14.7. The van der Waals surface area contributed by atoms with Crippen molar-refractivity contribution in [2.45, 2.75) is 18.9 Å². The van der Waals surface area contributed by atoms with Crippen molar-refractivity contribution in [3.05, 3.63) is 119 Å². The van der Waals surface area contributed by atoms with E-state index in [0.717, 1.165) is 82.0 Å². The number of carboxylic acid groups (broad SMARTS) is 1. The molecule has 0 atom stereocenters. The molecule has 4 aromatic carbocycles. The number of phenolic OH excluding ortho intramolecular Hbond substituents is 1. The summed E-state index contributed by atoms with van der Waals surface area (Å²) in [7, 11) is 0. The Kier molecular flexibility index (Phi) is 15.7. The van der Waals surface area contributed by atoms with Gasteiger partial charge in [0, 0.05) is 53.0 Å². The first-order valence-electron chi connectivity index (χ1n) is 20.6. The van der Waals surface area contributed by atoms with Crippen LogP contribution in [0.15, 0.2) is 108 Å². The lowest BCUT2D eigenvalue weighted by Crippen LogP contribution is -2.37. The molecule has 8 rings (SSSR count). The molecule has 63 heavy (non-hydrogen) atoms. The van der Waals surface area contributed by atoms with Gasteiger partial charge in [-0.25, -0.2) is 14.6 Å². The van der Waals surface area contributed by atoms with Crippen molar-refractivity contribution in [2.75, 3.05) is 76.9 Å². The predicted molar refractivity (Wildman–Crippen MR) is 243 cm³/mol. The van der Waals surface area contributed by atoms with Crippen LogP contribution in [-0.2, 0) is 23.8 Å². The zero-order chi connectivity index (χ0) is 44.0. The number of benzene rings is 4. The third-order valence-corrected chi connectivity index (χ3v) is 11.0. The number of nitrogens with one attached hydrogen (secondary N) is 2. The van der Waals surface area contributed by atoms with Crippen molar-refractivity contribution in [3.8, 4) is 28.5 Å². The Hall–Kier alpha value is -6.37. The first-order chi connectivity index (χ1) is 30.8. The van der Waals surface area contributed by atoms with Crippen molar-refractivity contribution in [3.63, 3.8) is 0 Å². The summed E-state index contributed by atoms with van der Waals surface area (Å²) in [6.07, 6.45) is 3.36. The monoisotopic (exact) mass is 920 g/mol. The fourth-order valence-electron chi connectivity index (χ4n) is 7.51. The van der Waals surface area contributed by atoms with Crippen molar-refractivity contribution in [1.29, 1.82) is 0 Å².